The van der Waals surface area contributed by atoms with Gasteiger partial charge in [0.25, 0.3) is 11.8 Å². The normalized spacial score (nSPS) is 11.5. The molecule has 3 aromatic carbocycles. The Hall–Kier alpha value is -5.12. The molecule has 0 saturated carbocycles. The van der Waals surface area contributed by atoms with Crippen molar-refractivity contribution in [2.75, 3.05) is 26.3 Å². The minimum absolute atomic E-state index is 0.112. The maximum absolute atomic E-state index is 13.4. The summed E-state index contributed by atoms with van der Waals surface area (Å²) in [7, 11) is 0. The topological polar surface area (TPSA) is 123 Å². The summed E-state index contributed by atoms with van der Waals surface area (Å²) in [6.07, 6.45) is 1.67. The van der Waals surface area contributed by atoms with Gasteiger partial charge >= 0.3 is 0 Å². The Balaban J connectivity index is 1.23. The van der Waals surface area contributed by atoms with Crippen LogP contribution in [0.15, 0.2) is 60.7 Å². The maximum Gasteiger partial charge on any atom is 0.251 e. The molecule has 0 aliphatic carbocycles. The van der Waals surface area contributed by atoms with Gasteiger partial charge in [-0.25, -0.2) is 4.52 Å². The lowest BCUT2D eigenvalue weighted by Crippen LogP contribution is -2.29. The fourth-order valence-corrected chi connectivity index (χ4v) is 5.49. The first kappa shape index (κ1) is 34.2. The summed E-state index contributed by atoms with van der Waals surface area (Å²) >= 11 is 0. The number of ether oxygens (including phenoxy) is 2. The first-order chi connectivity index (χ1) is 22.9. The quantitative estimate of drug-likeness (QED) is 0.116. The second kappa shape index (κ2) is 14.8. The van der Waals surface area contributed by atoms with E-state index in [0.29, 0.717) is 60.9 Å². The number of fused-ring (bicyclic) bond motifs is 1. The third kappa shape index (κ3) is 8.05. The molecule has 0 fully saturated rings. The average molecular weight is 651 g/mol. The summed E-state index contributed by atoms with van der Waals surface area (Å²) in [5, 5.41) is 17.7. The molecule has 0 spiro atoms. The van der Waals surface area contributed by atoms with Crippen molar-refractivity contribution in [1.29, 1.82) is 0 Å². The lowest BCUT2D eigenvalue weighted by atomic mass is 9.81. The molecule has 2 aromatic heterocycles. The summed E-state index contributed by atoms with van der Waals surface area (Å²) in [5.41, 5.74) is 7.51. The van der Waals surface area contributed by atoms with E-state index < -0.39 is 0 Å². The van der Waals surface area contributed by atoms with E-state index in [1.54, 1.807) is 22.7 Å². The number of carbonyl (C=O) groups is 2. The predicted octanol–water partition coefficient (Wildman–Crippen LogP) is 6.65. The zero-order valence-electron chi connectivity index (χ0n) is 29.0. The molecule has 0 radical (unpaired) electrons. The zero-order chi connectivity index (χ0) is 34.4. The first-order valence-electron chi connectivity index (χ1n) is 16.5. The lowest BCUT2D eigenvalue weighted by Gasteiger charge is -2.24. The van der Waals surface area contributed by atoms with Gasteiger partial charge < -0.3 is 20.1 Å². The van der Waals surface area contributed by atoms with Crippen molar-refractivity contribution < 1.29 is 19.1 Å². The number of benzene rings is 3. The van der Waals surface area contributed by atoms with Crippen molar-refractivity contribution in [3.63, 3.8) is 0 Å². The molecular formula is C38H46N6O4. The van der Waals surface area contributed by atoms with Gasteiger partial charge in [0.05, 0.1) is 13.2 Å². The standard InChI is InChI=1S/C38H46N6O4/c1-8-38(6,7)31-11-13-33(26(4)19-31)47-16-9-14-39-36(45)29-21-28(35-42-41-34-20-27(5)43-44(34)35)22-30(23-29)37(46)40-15-17-48-32-12-10-24(2)18-25(32)3/h10-13,18-23,43H,8-9,14-17H2,1-7H3,(H,39,45)(H,40,46). The van der Waals surface area contributed by atoms with E-state index in [1.165, 1.54) is 5.56 Å². The number of amides is 2. The highest BCUT2D eigenvalue weighted by molar-refractivity contribution is 6.01. The van der Waals surface area contributed by atoms with Gasteiger partial charge in [0.15, 0.2) is 11.5 Å². The summed E-state index contributed by atoms with van der Waals surface area (Å²) < 4.78 is 13.7. The highest BCUT2D eigenvalue weighted by Crippen LogP contribution is 2.30. The average Bonchev–Trinajstić information content (AvgIpc) is 3.62. The molecular weight excluding hydrogens is 604 g/mol. The second-order valence-corrected chi connectivity index (χ2v) is 13.0. The van der Waals surface area contributed by atoms with E-state index in [-0.39, 0.29) is 17.2 Å². The van der Waals surface area contributed by atoms with E-state index >= 15 is 0 Å². The Morgan fingerprint density at radius 1 is 0.792 bits per heavy atom. The molecule has 10 nitrogen and oxygen atoms in total. The Bertz CT molecular complexity index is 1920. The predicted molar refractivity (Wildman–Crippen MR) is 188 cm³/mol. The molecule has 0 atom stereocenters. The van der Waals surface area contributed by atoms with E-state index in [9.17, 15) is 9.59 Å². The van der Waals surface area contributed by atoms with Crippen LogP contribution in [0, 0.1) is 27.7 Å². The van der Waals surface area contributed by atoms with Crippen LogP contribution in [-0.4, -0.2) is 57.9 Å². The molecule has 3 N–H and O–H groups in total. The van der Waals surface area contributed by atoms with Crippen molar-refractivity contribution >= 4 is 17.5 Å². The van der Waals surface area contributed by atoms with Gasteiger partial charge in [0.1, 0.15) is 18.1 Å². The van der Waals surface area contributed by atoms with Gasteiger partial charge in [0, 0.05) is 35.0 Å². The molecule has 10 heteroatoms. The summed E-state index contributed by atoms with van der Waals surface area (Å²) in [5.74, 6) is 1.50. The van der Waals surface area contributed by atoms with Gasteiger partial charge in [-0.3, -0.25) is 14.7 Å². The zero-order valence-corrected chi connectivity index (χ0v) is 29.0. The van der Waals surface area contributed by atoms with Crippen molar-refractivity contribution in [3.8, 4) is 22.9 Å². The van der Waals surface area contributed by atoms with Crippen LogP contribution in [-0.2, 0) is 5.41 Å². The van der Waals surface area contributed by atoms with Gasteiger partial charge in [-0.05, 0) is 93.0 Å². The molecule has 0 bridgehead atoms. The van der Waals surface area contributed by atoms with Gasteiger partial charge in [0.2, 0.25) is 0 Å². The molecule has 0 aliphatic rings. The minimum Gasteiger partial charge on any atom is -0.493 e. The van der Waals surface area contributed by atoms with Crippen molar-refractivity contribution in [3.05, 3.63) is 99.7 Å². The molecule has 5 aromatic rings. The maximum atomic E-state index is 13.4. The van der Waals surface area contributed by atoms with Crippen LogP contribution in [0.4, 0.5) is 0 Å². The third-order valence-corrected chi connectivity index (χ3v) is 8.72. The van der Waals surface area contributed by atoms with Crippen LogP contribution in [0.2, 0.25) is 0 Å². The molecule has 252 valence electrons. The van der Waals surface area contributed by atoms with Gasteiger partial charge in [-0.15, -0.1) is 10.2 Å². The number of aryl methyl sites for hydroxylation is 4. The minimum atomic E-state index is -0.323. The first-order valence-corrected chi connectivity index (χ1v) is 16.5. The molecule has 0 aliphatic heterocycles. The van der Waals surface area contributed by atoms with Crippen molar-refractivity contribution in [2.24, 2.45) is 0 Å². The van der Waals surface area contributed by atoms with Crippen LogP contribution in [0.25, 0.3) is 17.0 Å². The summed E-state index contributed by atoms with van der Waals surface area (Å²) in [6.45, 7) is 16.2. The number of aromatic nitrogens is 4. The van der Waals surface area contributed by atoms with Gasteiger partial charge in [-0.1, -0.05) is 50.6 Å². The van der Waals surface area contributed by atoms with Crippen molar-refractivity contribution in [2.45, 2.75) is 66.7 Å². The number of aromatic amines is 1. The highest BCUT2D eigenvalue weighted by Gasteiger charge is 2.20. The Kier molecular flexibility index (Phi) is 10.5. The van der Waals surface area contributed by atoms with E-state index in [1.807, 2.05) is 45.0 Å². The highest BCUT2D eigenvalue weighted by atomic mass is 16.5. The lowest BCUT2D eigenvalue weighted by molar-refractivity contribution is 0.0947. The Labute approximate surface area is 282 Å². The number of nitrogens with one attached hydrogen (secondary N) is 3. The van der Waals surface area contributed by atoms with E-state index in [0.717, 1.165) is 40.3 Å². The monoisotopic (exact) mass is 650 g/mol. The number of rotatable bonds is 14. The van der Waals surface area contributed by atoms with Crippen LogP contribution in [0.1, 0.15) is 82.3 Å². The number of hydrogen-bond acceptors (Lipinski definition) is 6. The molecule has 2 heterocycles. The molecule has 2 amide bonds. The smallest absolute Gasteiger partial charge is 0.251 e. The van der Waals surface area contributed by atoms with E-state index in [4.69, 9.17) is 9.47 Å². The second-order valence-electron chi connectivity index (χ2n) is 13.0. The van der Waals surface area contributed by atoms with Crippen LogP contribution in [0.3, 0.4) is 0 Å². The Morgan fingerprint density at radius 2 is 1.44 bits per heavy atom. The fraction of sp³-hybridized carbons (Fsp3) is 0.368. The largest absolute Gasteiger partial charge is 0.493 e. The molecule has 0 unspecified atom stereocenters. The number of carbonyl (C=O) groups excluding carboxylic acids is 2. The number of H-pyrrole nitrogens is 1. The summed E-state index contributed by atoms with van der Waals surface area (Å²) in [4.78, 5) is 26.7. The van der Waals surface area contributed by atoms with Crippen LogP contribution < -0.4 is 20.1 Å². The number of nitrogens with zero attached hydrogens (tertiary/aromatic N) is 3. The third-order valence-electron chi connectivity index (χ3n) is 8.72. The van der Waals surface area contributed by atoms with Crippen LogP contribution in [0.5, 0.6) is 11.5 Å². The Morgan fingerprint density at radius 3 is 2.10 bits per heavy atom. The van der Waals surface area contributed by atoms with E-state index in [2.05, 4.69) is 71.8 Å². The molecule has 0 saturated heterocycles. The van der Waals surface area contributed by atoms with Gasteiger partial charge in [-0.2, -0.15) is 0 Å². The molecule has 48 heavy (non-hydrogen) atoms. The summed E-state index contributed by atoms with van der Waals surface area (Å²) in [6, 6.07) is 19.2. The SMILES string of the molecule is CCC(C)(C)c1ccc(OCCCNC(=O)c2cc(C(=O)NCCOc3ccc(C)cc3C)cc(-c3nnc4cc(C)[nH]n34)c2)c(C)c1. The van der Waals surface area contributed by atoms with Crippen LogP contribution >= 0.6 is 0 Å². The molecule has 5 rings (SSSR count). The fourth-order valence-electron chi connectivity index (χ4n) is 5.49. The van der Waals surface area contributed by atoms with Crippen molar-refractivity contribution in [1.82, 2.24) is 30.4 Å². The number of hydrogen-bond donors (Lipinski definition) is 3.